The van der Waals surface area contributed by atoms with Crippen LogP contribution in [-0.2, 0) is 14.3 Å². The van der Waals surface area contributed by atoms with Crippen molar-refractivity contribution in [2.75, 3.05) is 13.2 Å². The number of ketones is 2. The summed E-state index contributed by atoms with van der Waals surface area (Å²) in [5.74, 6) is 0.963. The Kier molecular flexibility index (Phi) is 4.03. The molecule has 0 amide bonds. The van der Waals surface area contributed by atoms with Gasteiger partial charge in [0.15, 0.2) is 11.6 Å². The number of carbonyl (C=O) groups is 2. The summed E-state index contributed by atoms with van der Waals surface area (Å²) in [5, 5.41) is 0. The maximum atomic E-state index is 12.8. The Balaban J connectivity index is 1.62. The van der Waals surface area contributed by atoms with E-state index in [2.05, 4.69) is 11.1 Å². The van der Waals surface area contributed by atoms with Crippen LogP contribution in [-0.4, -0.2) is 29.8 Å². The third kappa shape index (κ3) is 3.04. The molecule has 4 rings (SSSR count). The summed E-state index contributed by atoms with van der Waals surface area (Å²) in [4.78, 5) is 28.1. The number of rotatable bonds is 4. The molecule has 1 unspecified atom stereocenters. The van der Waals surface area contributed by atoms with E-state index in [0.29, 0.717) is 23.0 Å². The maximum absolute atomic E-state index is 12.8. The normalized spacial score (nSPS) is 29.5. The van der Waals surface area contributed by atoms with Gasteiger partial charge >= 0.3 is 0 Å². The lowest BCUT2D eigenvalue weighted by atomic mass is 9.82. The van der Waals surface area contributed by atoms with Crippen molar-refractivity contribution in [3.8, 4) is 0 Å². The largest absolute Gasteiger partial charge is 0.381 e. The fraction of sp³-hybridized carbons (Fsp3) is 0.524. The van der Waals surface area contributed by atoms with Crippen molar-refractivity contribution < 1.29 is 14.3 Å². The van der Waals surface area contributed by atoms with Gasteiger partial charge in [0.05, 0.1) is 5.57 Å². The molecule has 4 heteroatoms. The lowest BCUT2D eigenvalue weighted by molar-refractivity contribution is -0.117. The van der Waals surface area contributed by atoms with Gasteiger partial charge in [0, 0.05) is 35.6 Å². The average molecular weight is 339 g/mol. The first kappa shape index (κ1) is 16.5. The molecule has 0 bridgehead atoms. The standard InChI is InChI=1S/C21H25NO3/c1-13-3-4-19(22-13)18-12-21(11-17(14(2)23)20(18)24)10-16(21)9-15-5-7-25-8-6-15/h3-4,11-12,15-16,22H,5-10H2,1-2H3/t16-,21?/m0/s1. The smallest absolute Gasteiger partial charge is 0.198 e. The van der Waals surface area contributed by atoms with Crippen molar-refractivity contribution in [3.63, 3.8) is 0 Å². The molecule has 0 aromatic carbocycles. The average Bonchev–Trinajstić information content (AvgIpc) is 3.03. The van der Waals surface area contributed by atoms with E-state index in [-0.39, 0.29) is 17.0 Å². The number of aromatic nitrogens is 1. The summed E-state index contributed by atoms with van der Waals surface area (Å²) in [6.45, 7) is 5.19. The highest BCUT2D eigenvalue weighted by molar-refractivity contribution is 6.38. The minimum absolute atomic E-state index is 0.110. The highest BCUT2D eigenvalue weighted by Gasteiger charge is 2.54. The van der Waals surface area contributed by atoms with E-state index in [1.54, 1.807) is 0 Å². The lowest BCUT2D eigenvalue weighted by Crippen LogP contribution is -2.21. The van der Waals surface area contributed by atoms with Crippen LogP contribution in [0.1, 0.15) is 44.0 Å². The minimum atomic E-state index is -0.142. The number of allylic oxidation sites excluding steroid dienone is 4. The Hall–Kier alpha value is -1.94. The molecular weight excluding hydrogens is 314 g/mol. The molecule has 2 atom stereocenters. The number of ether oxygens (including phenoxy) is 1. The van der Waals surface area contributed by atoms with Crippen molar-refractivity contribution in [3.05, 3.63) is 41.2 Å². The molecule has 1 saturated carbocycles. The number of nitrogens with one attached hydrogen (secondary N) is 1. The van der Waals surface area contributed by atoms with E-state index in [0.717, 1.165) is 50.3 Å². The summed E-state index contributed by atoms with van der Waals surface area (Å²) in [7, 11) is 0. The predicted molar refractivity (Wildman–Crippen MR) is 96.0 cm³/mol. The van der Waals surface area contributed by atoms with Gasteiger partial charge in [-0.15, -0.1) is 0 Å². The van der Waals surface area contributed by atoms with Crippen LogP contribution >= 0.6 is 0 Å². The molecule has 1 N–H and O–H groups in total. The van der Waals surface area contributed by atoms with Crippen LogP contribution in [0, 0.1) is 24.2 Å². The molecular formula is C21H25NO3. The zero-order valence-corrected chi connectivity index (χ0v) is 14.9. The first-order valence-corrected chi connectivity index (χ1v) is 9.23. The zero-order valence-electron chi connectivity index (χ0n) is 14.9. The molecule has 2 aliphatic carbocycles. The number of carbonyl (C=O) groups excluding carboxylic acids is 2. The van der Waals surface area contributed by atoms with Crippen LogP contribution < -0.4 is 0 Å². The van der Waals surface area contributed by atoms with Crippen LogP contribution in [0.2, 0.25) is 0 Å². The second-order valence-electron chi connectivity index (χ2n) is 7.86. The van der Waals surface area contributed by atoms with E-state index in [9.17, 15) is 9.59 Å². The molecule has 132 valence electrons. The number of aromatic amines is 1. The van der Waals surface area contributed by atoms with Gasteiger partial charge in [0.25, 0.3) is 0 Å². The molecule has 3 aliphatic rings. The SMILES string of the molecule is CC(=O)C1=CC2(C=C(c3ccc(C)[nH]3)C1=O)C[C@@H]2CC1CCOCC1. The van der Waals surface area contributed by atoms with Gasteiger partial charge in [-0.25, -0.2) is 0 Å². The molecule has 1 saturated heterocycles. The van der Waals surface area contributed by atoms with Gasteiger partial charge in [-0.2, -0.15) is 0 Å². The van der Waals surface area contributed by atoms with Gasteiger partial charge in [0.2, 0.25) is 0 Å². The van der Waals surface area contributed by atoms with E-state index in [4.69, 9.17) is 4.74 Å². The van der Waals surface area contributed by atoms with Gasteiger partial charge in [-0.05, 0) is 63.5 Å². The van der Waals surface area contributed by atoms with Gasteiger partial charge in [-0.1, -0.05) is 12.2 Å². The van der Waals surface area contributed by atoms with Crippen molar-refractivity contribution >= 4 is 17.1 Å². The Bertz CT molecular complexity index is 779. The van der Waals surface area contributed by atoms with Gasteiger partial charge in [0.1, 0.15) is 0 Å². The Labute approximate surface area is 148 Å². The zero-order chi connectivity index (χ0) is 17.6. The molecule has 2 heterocycles. The number of H-pyrrole nitrogens is 1. The monoisotopic (exact) mass is 339 g/mol. The van der Waals surface area contributed by atoms with Crippen LogP contribution in [0.4, 0.5) is 0 Å². The molecule has 1 spiro atoms. The first-order valence-electron chi connectivity index (χ1n) is 9.23. The van der Waals surface area contributed by atoms with E-state index in [1.165, 1.54) is 6.92 Å². The van der Waals surface area contributed by atoms with Gasteiger partial charge < -0.3 is 9.72 Å². The minimum Gasteiger partial charge on any atom is -0.381 e. The second kappa shape index (κ2) is 6.10. The molecule has 1 aromatic heterocycles. The number of hydrogen-bond acceptors (Lipinski definition) is 3. The Morgan fingerprint density at radius 1 is 1.28 bits per heavy atom. The van der Waals surface area contributed by atoms with E-state index < -0.39 is 0 Å². The van der Waals surface area contributed by atoms with E-state index in [1.807, 2.05) is 25.1 Å². The van der Waals surface area contributed by atoms with Crippen molar-refractivity contribution in [2.45, 2.75) is 39.5 Å². The summed E-state index contributed by atoms with van der Waals surface area (Å²) in [5.41, 5.74) is 2.76. The van der Waals surface area contributed by atoms with Crippen LogP contribution in [0.5, 0.6) is 0 Å². The van der Waals surface area contributed by atoms with Crippen LogP contribution in [0.3, 0.4) is 0 Å². The third-order valence-corrected chi connectivity index (χ3v) is 5.98. The lowest BCUT2D eigenvalue weighted by Gasteiger charge is -2.24. The molecule has 0 radical (unpaired) electrons. The highest BCUT2D eigenvalue weighted by Crippen LogP contribution is 2.61. The first-order chi connectivity index (χ1) is 12.0. The predicted octanol–water partition coefficient (Wildman–Crippen LogP) is 3.63. The number of aryl methyl sites for hydroxylation is 1. The maximum Gasteiger partial charge on any atom is 0.198 e. The number of hydrogen-bond donors (Lipinski definition) is 1. The third-order valence-electron chi connectivity index (χ3n) is 5.98. The fourth-order valence-electron chi connectivity index (χ4n) is 4.39. The molecule has 1 aromatic rings. The van der Waals surface area contributed by atoms with Crippen molar-refractivity contribution in [1.29, 1.82) is 0 Å². The quantitative estimate of drug-likeness (QED) is 0.852. The fourth-order valence-corrected chi connectivity index (χ4v) is 4.39. The summed E-state index contributed by atoms with van der Waals surface area (Å²) < 4.78 is 5.46. The number of Topliss-reactive ketones (excluding diaryl/α,β-unsaturated/α-hetero) is 2. The molecule has 1 aliphatic heterocycles. The Morgan fingerprint density at radius 2 is 2.04 bits per heavy atom. The van der Waals surface area contributed by atoms with Crippen molar-refractivity contribution in [1.82, 2.24) is 4.98 Å². The summed E-state index contributed by atoms with van der Waals surface area (Å²) in [6.07, 6.45) is 8.53. The van der Waals surface area contributed by atoms with Gasteiger partial charge in [-0.3, -0.25) is 9.59 Å². The second-order valence-corrected chi connectivity index (χ2v) is 7.86. The van der Waals surface area contributed by atoms with Crippen molar-refractivity contribution in [2.24, 2.45) is 17.3 Å². The molecule has 4 nitrogen and oxygen atoms in total. The topological polar surface area (TPSA) is 59.2 Å². The van der Waals surface area contributed by atoms with Crippen LogP contribution in [0.15, 0.2) is 29.9 Å². The van der Waals surface area contributed by atoms with E-state index >= 15 is 0 Å². The Morgan fingerprint density at radius 3 is 2.68 bits per heavy atom. The highest BCUT2D eigenvalue weighted by atomic mass is 16.5. The summed E-state index contributed by atoms with van der Waals surface area (Å²) in [6, 6.07) is 3.90. The summed E-state index contributed by atoms with van der Waals surface area (Å²) >= 11 is 0. The molecule has 25 heavy (non-hydrogen) atoms. The van der Waals surface area contributed by atoms with Crippen LogP contribution in [0.25, 0.3) is 5.57 Å². The molecule has 2 fully saturated rings.